The average Bonchev–Trinajstić information content (AvgIpc) is 3.53. The summed E-state index contributed by atoms with van der Waals surface area (Å²) in [6, 6.07) is 29.4. The summed E-state index contributed by atoms with van der Waals surface area (Å²) >= 11 is 3.45. The third-order valence-electron chi connectivity index (χ3n) is 5.83. The number of nitrogens with zero attached hydrogens (tertiary/aromatic N) is 3. The lowest BCUT2D eigenvalue weighted by molar-refractivity contribution is 0.964. The van der Waals surface area contributed by atoms with Gasteiger partial charge in [0.2, 0.25) is 0 Å². The first kappa shape index (κ1) is 20.1. The molecule has 0 fully saturated rings. The highest BCUT2D eigenvalue weighted by molar-refractivity contribution is 7.22. The molecule has 0 bridgehead atoms. The molecule has 0 unspecified atom stereocenters. The van der Waals surface area contributed by atoms with Crippen LogP contribution >= 0.6 is 22.7 Å². The maximum atomic E-state index is 4.98. The fourth-order valence-electron chi connectivity index (χ4n) is 4.25. The highest BCUT2D eigenvalue weighted by atomic mass is 32.1. The van der Waals surface area contributed by atoms with Crippen molar-refractivity contribution >= 4 is 54.8 Å². The summed E-state index contributed by atoms with van der Waals surface area (Å²) < 4.78 is 4.68. The van der Waals surface area contributed by atoms with E-state index in [1.54, 1.807) is 22.7 Å². The van der Waals surface area contributed by atoms with E-state index >= 15 is 0 Å². The minimum Gasteiger partial charge on any atom is -0.318 e. The Labute approximate surface area is 200 Å². The smallest absolute Gasteiger partial charge is 0.127 e. The van der Waals surface area contributed by atoms with Gasteiger partial charge < -0.3 is 4.57 Å². The van der Waals surface area contributed by atoms with E-state index in [4.69, 9.17) is 9.97 Å². The number of rotatable bonds is 4. The van der Waals surface area contributed by atoms with Crippen molar-refractivity contribution in [3.05, 3.63) is 112 Å². The number of aryl methyl sites for hydroxylation is 1. The first-order valence-electron chi connectivity index (χ1n) is 10.9. The van der Waals surface area contributed by atoms with Gasteiger partial charge in [-0.15, -0.1) is 22.7 Å². The number of aromatic nitrogens is 3. The van der Waals surface area contributed by atoms with E-state index in [2.05, 4.69) is 97.3 Å². The van der Waals surface area contributed by atoms with Crippen LogP contribution in [0.2, 0.25) is 0 Å². The molecular weight excluding hydrogens is 442 g/mol. The molecule has 0 aliphatic heterocycles. The van der Waals surface area contributed by atoms with Crippen LogP contribution in [0.15, 0.2) is 84.9 Å². The summed E-state index contributed by atoms with van der Waals surface area (Å²) in [4.78, 5) is 9.97. The number of hydrogen-bond acceptors (Lipinski definition) is 4. The molecule has 0 spiro atoms. The summed E-state index contributed by atoms with van der Waals surface area (Å²) in [5.41, 5.74) is 7.90. The van der Waals surface area contributed by atoms with Crippen molar-refractivity contribution in [1.82, 2.24) is 14.5 Å². The van der Waals surface area contributed by atoms with Crippen LogP contribution in [0.5, 0.6) is 0 Å². The zero-order valence-electron chi connectivity index (χ0n) is 18.3. The molecule has 3 aromatic carbocycles. The molecule has 3 nitrogen and oxygen atoms in total. The topological polar surface area (TPSA) is 30.7 Å². The molecule has 0 saturated carbocycles. The Bertz CT molecular complexity index is 1490. The van der Waals surface area contributed by atoms with Crippen LogP contribution in [0.25, 0.3) is 37.8 Å². The zero-order chi connectivity index (χ0) is 22.4. The van der Waals surface area contributed by atoms with Crippen molar-refractivity contribution in [2.45, 2.75) is 13.8 Å². The maximum absolute atomic E-state index is 4.98. The minimum absolute atomic E-state index is 1.000. The second-order valence-electron chi connectivity index (χ2n) is 8.03. The second kappa shape index (κ2) is 8.10. The highest BCUT2D eigenvalue weighted by Crippen LogP contribution is 2.37. The van der Waals surface area contributed by atoms with Gasteiger partial charge in [0.1, 0.15) is 10.0 Å². The Morgan fingerprint density at radius 1 is 0.727 bits per heavy atom. The Balaban J connectivity index is 1.56. The van der Waals surface area contributed by atoms with Crippen molar-refractivity contribution in [3.63, 3.8) is 0 Å². The van der Waals surface area contributed by atoms with Gasteiger partial charge in [0, 0.05) is 22.6 Å². The van der Waals surface area contributed by atoms with Gasteiger partial charge in [-0.05, 0) is 68.0 Å². The lowest BCUT2D eigenvalue weighted by Gasteiger charge is -2.09. The fraction of sp³-hybridized carbons (Fsp3) is 0.0714. The molecule has 0 N–H and O–H groups in total. The van der Waals surface area contributed by atoms with Gasteiger partial charge in [-0.25, -0.2) is 9.97 Å². The van der Waals surface area contributed by atoms with Gasteiger partial charge in [0.05, 0.1) is 20.4 Å². The van der Waals surface area contributed by atoms with Gasteiger partial charge in [-0.2, -0.15) is 0 Å². The monoisotopic (exact) mass is 463 g/mol. The first-order chi connectivity index (χ1) is 16.2. The number of para-hydroxylation sites is 3. The van der Waals surface area contributed by atoms with Crippen molar-refractivity contribution in [3.8, 4) is 5.69 Å². The van der Waals surface area contributed by atoms with Crippen molar-refractivity contribution in [2.24, 2.45) is 0 Å². The van der Waals surface area contributed by atoms with Crippen LogP contribution in [0.1, 0.15) is 27.0 Å². The van der Waals surface area contributed by atoms with Gasteiger partial charge in [-0.1, -0.05) is 42.5 Å². The van der Waals surface area contributed by atoms with Crippen LogP contribution in [0.4, 0.5) is 0 Å². The molecule has 6 rings (SSSR count). The van der Waals surface area contributed by atoms with Crippen LogP contribution < -0.4 is 0 Å². The predicted octanol–water partition coefficient (Wildman–Crippen LogP) is 7.90. The normalized spacial score (nSPS) is 11.3. The number of thiazole rings is 2. The lowest BCUT2D eigenvalue weighted by atomic mass is 10.1. The highest BCUT2D eigenvalue weighted by Gasteiger charge is 2.18. The lowest BCUT2D eigenvalue weighted by Crippen LogP contribution is -1.98. The summed E-state index contributed by atoms with van der Waals surface area (Å²) in [6.45, 7) is 4.34. The molecule has 3 aromatic heterocycles. The third kappa shape index (κ3) is 3.59. The maximum Gasteiger partial charge on any atom is 0.127 e. The predicted molar refractivity (Wildman–Crippen MR) is 141 cm³/mol. The number of benzene rings is 3. The van der Waals surface area contributed by atoms with Crippen molar-refractivity contribution in [2.75, 3.05) is 0 Å². The number of hydrogen-bond donors (Lipinski definition) is 0. The first-order valence-corrected chi connectivity index (χ1v) is 12.5. The molecular formula is C28H21N3S2. The van der Waals surface area contributed by atoms with E-state index in [1.165, 1.54) is 32.0 Å². The number of fused-ring (bicyclic) bond motifs is 2. The van der Waals surface area contributed by atoms with Gasteiger partial charge >= 0.3 is 0 Å². The van der Waals surface area contributed by atoms with Crippen LogP contribution in [0.3, 0.4) is 0 Å². The van der Waals surface area contributed by atoms with Gasteiger partial charge in [-0.3, -0.25) is 0 Å². The largest absolute Gasteiger partial charge is 0.318 e. The Hall–Kier alpha value is -3.54. The fourth-order valence-corrected chi connectivity index (χ4v) is 6.28. The van der Waals surface area contributed by atoms with Crippen LogP contribution in [0, 0.1) is 13.8 Å². The van der Waals surface area contributed by atoms with E-state index < -0.39 is 0 Å². The van der Waals surface area contributed by atoms with E-state index in [9.17, 15) is 0 Å². The standard InChI is InChI=1S/C28H21N3S2/c1-18-16-20(19(2)31(18)21-10-4-3-5-11-21)17-22(27-29-23-12-6-8-14-25(23)32-27)28-30-24-13-7-9-15-26(24)33-28/h3-17H,1-2H3. The summed E-state index contributed by atoms with van der Waals surface area (Å²) in [5, 5.41) is 2.00. The SMILES string of the molecule is Cc1cc(C=C(c2nc3ccccc3s2)c2nc3ccccc3s2)c(C)n1-c1ccccc1. The molecule has 0 aliphatic carbocycles. The molecule has 160 valence electrons. The summed E-state index contributed by atoms with van der Waals surface area (Å²) in [6.07, 6.45) is 2.26. The molecule has 33 heavy (non-hydrogen) atoms. The minimum atomic E-state index is 1.000. The Kier molecular flexibility index (Phi) is 4.93. The van der Waals surface area contributed by atoms with Gasteiger partial charge in [0.15, 0.2) is 0 Å². The third-order valence-corrected chi connectivity index (χ3v) is 7.97. The van der Waals surface area contributed by atoms with Crippen LogP contribution in [-0.4, -0.2) is 14.5 Å². The van der Waals surface area contributed by atoms with E-state index in [1.807, 2.05) is 12.1 Å². The van der Waals surface area contributed by atoms with E-state index in [0.717, 1.165) is 26.6 Å². The molecule has 5 heteroatoms. The second-order valence-corrected chi connectivity index (χ2v) is 10.1. The molecule has 0 radical (unpaired) electrons. The molecule has 0 atom stereocenters. The van der Waals surface area contributed by atoms with Gasteiger partial charge in [0.25, 0.3) is 0 Å². The Morgan fingerprint density at radius 3 is 1.85 bits per heavy atom. The van der Waals surface area contributed by atoms with E-state index in [-0.39, 0.29) is 0 Å². The molecule has 3 heterocycles. The van der Waals surface area contributed by atoms with Crippen molar-refractivity contribution < 1.29 is 0 Å². The molecule has 0 saturated heterocycles. The molecule has 6 aromatic rings. The van der Waals surface area contributed by atoms with E-state index in [0.29, 0.717) is 0 Å². The average molecular weight is 464 g/mol. The summed E-state index contributed by atoms with van der Waals surface area (Å²) in [7, 11) is 0. The summed E-state index contributed by atoms with van der Waals surface area (Å²) in [5.74, 6) is 0. The van der Waals surface area contributed by atoms with Crippen molar-refractivity contribution in [1.29, 1.82) is 0 Å². The molecule has 0 amide bonds. The Morgan fingerprint density at radius 2 is 1.27 bits per heavy atom. The quantitative estimate of drug-likeness (QED) is 0.266. The van der Waals surface area contributed by atoms with Crippen LogP contribution in [-0.2, 0) is 0 Å². The molecule has 0 aliphatic rings. The zero-order valence-corrected chi connectivity index (χ0v) is 20.0.